The smallest absolute Gasteiger partial charge is 0.179 e. The molecule has 18 heavy (non-hydrogen) atoms. The third-order valence-electron chi connectivity index (χ3n) is 2.58. The van der Waals surface area contributed by atoms with Crippen LogP contribution in [-0.2, 0) is 6.42 Å². The van der Waals surface area contributed by atoms with Crippen molar-refractivity contribution in [2.75, 3.05) is 14.2 Å². The second kappa shape index (κ2) is 5.59. The first kappa shape index (κ1) is 13.2. The van der Waals surface area contributed by atoms with Gasteiger partial charge in [-0.15, -0.1) is 11.3 Å². The van der Waals surface area contributed by atoms with Crippen molar-refractivity contribution in [2.45, 2.75) is 13.3 Å². The summed E-state index contributed by atoms with van der Waals surface area (Å²) in [6.07, 6.45) is 2.88. The molecule has 0 saturated carbocycles. The Hall–Kier alpha value is -1.26. The number of benzene rings is 1. The van der Waals surface area contributed by atoms with Crippen LogP contribution in [0, 0.1) is 0 Å². The average Bonchev–Trinajstić information content (AvgIpc) is 2.86. The molecule has 0 unspecified atom stereocenters. The second-order valence-electron chi connectivity index (χ2n) is 3.68. The maximum absolute atomic E-state index is 6.18. The van der Waals surface area contributed by atoms with Gasteiger partial charge in [-0.05, 0) is 18.6 Å². The first-order valence-electron chi connectivity index (χ1n) is 5.56. The number of ether oxygens (including phenoxy) is 2. The van der Waals surface area contributed by atoms with Crippen molar-refractivity contribution >= 4 is 22.9 Å². The Bertz CT molecular complexity index is 554. The standard InChI is InChI=1S/C13H14ClNO2S/c1-4-9-7-15-13(18-9)8-5-10(14)12(17-3)11(6-8)16-2/h5-7H,4H2,1-3H3. The van der Waals surface area contributed by atoms with E-state index in [4.69, 9.17) is 21.1 Å². The fraction of sp³-hybridized carbons (Fsp3) is 0.308. The van der Waals surface area contributed by atoms with Crippen LogP contribution < -0.4 is 9.47 Å². The fourth-order valence-corrected chi connectivity index (χ4v) is 2.77. The molecule has 3 nitrogen and oxygen atoms in total. The minimum absolute atomic E-state index is 0.528. The monoisotopic (exact) mass is 283 g/mol. The number of methoxy groups -OCH3 is 2. The number of aryl methyl sites for hydroxylation is 1. The van der Waals surface area contributed by atoms with E-state index in [1.54, 1.807) is 25.6 Å². The largest absolute Gasteiger partial charge is 0.493 e. The predicted octanol–water partition coefficient (Wildman–Crippen LogP) is 4.04. The molecule has 0 atom stereocenters. The third kappa shape index (κ3) is 2.44. The summed E-state index contributed by atoms with van der Waals surface area (Å²) in [6.45, 7) is 2.11. The maximum atomic E-state index is 6.18. The van der Waals surface area contributed by atoms with Gasteiger partial charge in [-0.25, -0.2) is 4.98 Å². The van der Waals surface area contributed by atoms with Crippen LogP contribution >= 0.6 is 22.9 Å². The Morgan fingerprint density at radius 2 is 2.06 bits per heavy atom. The zero-order valence-electron chi connectivity index (χ0n) is 10.5. The van der Waals surface area contributed by atoms with Crippen molar-refractivity contribution in [3.8, 4) is 22.1 Å². The van der Waals surface area contributed by atoms with E-state index in [1.807, 2.05) is 18.3 Å². The molecule has 0 bridgehead atoms. The number of halogens is 1. The number of hydrogen-bond donors (Lipinski definition) is 0. The summed E-state index contributed by atoms with van der Waals surface area (Å²) in [5.41, 5.74) is 0.947. The van der Waals surface area contributed by atoms with Gasteiger partial charge in [0.1, 0.15) is 5.01 Å². The van der Waals surface area contributed by atoms with E-state index in [9.17, 15) is 0 Å². The number of nitrogens with zero attached hydrogens (tertiary/aromatic N) is 1. The molecule has 0 fully saturated rings. The first-order valence-corrected chi connectivity index (χ1v) is 6.75. The van der Waals surface area contributed by atoms with Crippen molar-refractivity contribution in [1.29, 1.82) is 0 Å². The van der Waals surface area contributed by atoms with Crippen LogP contribution in [0.4, 0.5) is 0 Å². The quantitative estimate of drug-likeness (QED) is 0.848. The van der Waals surface area contributed by atoms with E-state index in [0.29, 0.717) is 16.5 Å². The molecule has 5 heteroatoms. The lowest BCUT2D eigenvalue weighted by atomic mass is 10.2. The van der Waals surface area contributed by atoms with Gasteiger partial charge < -0.3 is 9.47 Å². The lowest BCUT2D eigenvalue weighted by Gasteiger charge is -2.10. The Balaban J connectivity index is 2.48. The molecule has 0 amide bonds. The normalized spacial score (nSPS) is 10.4. The highest BCUT2D eigenvalue weighted by molar-refractivity contribution is 7.15. The van der Waals surface area contributed by atoms with Crippen molar-refractivity contribution in [1.82, 2.24) is 4.98 Å². The van der Waals surface area contributed by atoms with Crippen LogP contribution in [0.15, 0.2) is 18.3 Å². The Kier molecular flexibility index (Phi) is 4.09. The topological polar surface area (TPSA) is 31.4 Å². The highest BCUT2D eigenvalue weighted by atomic mass is 35.5. The molecule has 0 aliphatic carbocycles. The summed E-state index contributed by atoms with van der Waals surface area (Å²) in [6, 6.07) is 3.74. The highest BCUT2D eigenvalue weighted by Gasteiger charge is 2.13. The van der Waals surface area contributed by atoms with Crippen molar-refractivity contribution < 1.29 is 9.47 Å². The molecule has 0 N–H and O–H groups in total. The van der Waals surface area contributed by atoms with E-state index >= 15 is 0 Å². The van der Waals surface area contributed by atoms with Crippen molar-refractivity contribution in [3.63, 3.8) is 0 Å². The summed E-state index contributed by atoms with van der Waals surface area (Å²) in [4.78, 5) is 5.64. The molecule has 96 valence electrons. The van der Waals surface area contributed by atoms with Crippen molar-refractivity contribution in [3.05, 3.63) is 28.2 Å². The van der Waals surface area contributed by atoms with Crippen LogP contribution in [-0.4, -0.2) is 19.2 Å². The minimum Gasteiger partial charge on any atom is -0.493 e. The Morgan fingerprint density at radius 3 is 2.61 bits per heavy atom. The molecule has 1 heterocycles. The minimum atomic E-state index is 0.528. The molecule has 0 aliphatic rings. The lowest BCUT2D eigenvalue weighted by molar-refractivity contribution is 0.355. The SMILES string of the molecule is CCc1cnc(-c2cc(Cl)c(OC)c(OC)c2)s1. The van der Waals surface area contributed by atoms with Crippen LogP contribution in [0.2, 0.25) is 5.02 Å². The van der Waals surface area contributed by atoms with Crippen LogP contribution in [0.25, 0.3) is 10.6 Å². The first-order chi connectivity index (χ1) is 8.69. The highest BCUT2D eigenvalue weighted by Crippen LogP contribution is 2.40. The second-order valence-corrected chi connectivity index (χ2v) is 5.20. The summed E-state index contributed by atoms with van der Waals surface area (Å²) < 4.78 is 10.5. The van der Waals surface area contributed by atoms with E-state index in [-0.39, 0.29) is 0 Å². The van der Waals surface area contributed by atoms with Gasteiger partial charge >= 0.3 is 0 Å². The molecule has 2 rings (SSSR count). The molecule has 0 spiro atoms. The molecular weight excluding hydrogens is 270 g/mol. The summed E-state index contributed by atoms with van der Waals surface area (Å²) in [5.74, 6) is 1.17. The number of thiazole rings is 1. The zero-order chi connectivity index (χ0) is 13.1. The Morgan fingerprint density at radius 1 is 1.28 bits per heavy atom. The van der Waals surface area contributed by atoms with Gasteiger partial charge in [0.25, 0.3) is 0 Å². The van der Waals surface area contributed by atoms with Gasteiger partial charge in [-0.1, -0.05) is 18.5 Å². The summed E-state index contributed by atoms with van der Waals surface area (Å²) in [5, 5.41) is 1.47. The van der Waals surface area contributed by atoms with Gasteiger partial charge in [-0.3, -0.25) is 0 Å². The van der Waals surface area contributed by atoms with Crippen molar-refractivity contribution in [2.24, 2.45) is 0 Å². The van der Waals surface area contributed by atoms with Gasteiger partial charge in [0.05, 0.1) is 19.2 Å². The molecule has 0 aliphatic heterocycles. The molecular formula is C13H14ClNO2S. The Labute approximate surface area is 115 Å². The number of aromatic nitrogens is 1. The van der Waals surface area contributed by atoms with E-state index in [0.717, 1.165) is 17.0 Å². The van der Waals surface area contributed by atoms with E-state index in [2.05, 4.69) is 11.9 Å². The third-order valence-corrected chi connectivity index (χ3v) is 4.05. The van der Waals surface area contributed by atoms with E-state index in [1.165, 1.54) is 4.88 Å². The number of rotatable bonds is 4. The van der Waals surface area contributed by atoms with Gasteiger partial charge in [-0.2, -0.15) is 0 Å². The van der Waals surface area contributed by atoms with Gasteiger partial charge in [0, 0.05) is 16.6 Å². The van der Waals surface area contributed by atoms with E-state index < -0.39 is 0 Å². The molecule has 1 aromatic heterocycles. The molecule has 0 radical (unpaired) electrons. The summed E-state index contributed by atoms with van der Waals surface area (Å²) >= 11 is 7.84. The predicted molar refractivity (Wildman–Crippen MR) is 75.0 cm³/mol. The zero-order valence-corrected chi connectivity index (χ0v) is 12.1. The lowest BCUT2D eigenvalue weighted by Crippen LogP contribution is -1.92. The number of hydrogen-bond acceptors (Lipinski definition) is 4. The van der Waals surface area contributed by atoms with Crippen LogP contribution in [0.5, 0.6) is 11.5 Å². The fourth-order valence-electron chi connectivity index (χ4n) is 1.65. The molecule has 1 aromatic carbocycles. The summed E-state index contributed by atoms with van der Waals surface area (Å²) in [7, 11) is 3.17. The molecule has 2 aromatic rings. The van der Waals surface area contributed by atoms with Gasteiger partial charge in [0.15, 0.2) is 11.5 Å². The average molecular weight is 284 g/mol. The maximum Gasteiger partial charge on any atom is 0.179 e. The van der Waals surface area contributed by atoms with Crippen LogP contribution in [0.1, 0.15) is 11.8 Å². The van der Waals surface area contributed by atoms with Gasteiger partial charge in [0.2, 0.25) is 0 Å². The molecule has 0 saturated heterocycles. The van der Waals surface area contributed by atoms with Crippen LogP contribution in [0.3, 0.4) is 0 Å².